The maximum absolute atomic E-state index is 6.11. The first-order valence-electron chi connectivity index (χ1n) is 8.11. The molecule has 2 N–H and O–H groups in total. The summed E-state index contributed by atoms with van der Waals surface area (Å²) >= 11 is 11.4. The van der Waals surface area contributed by atoms with Gasteiger partial charge in [0, 0.05) is 29.8 Å². The molecular weight excluding hydrogens is 314 g/mol. The topological polar surface area (TPSA) is 27.3 Å². The molecule has 1 aliphatic rings. The van der Waals surface area contributed by atoms with Crippen LogP contribution in [0.15, 0.2) is 18.2 Å². The Morgan fingerprint density at radius 2 is 2.23 bits per heavy atom. The van der Waals surface area contributed by atoms with Gasteiger partial charge in [0.2, 0.25) is 0 Å². The van der Waals surface area contributed by atoms with Gasteiger partial charge in [-0.2, -0.15) is 0 Å². The first kappa shape index (κ1) is 17.5. The molecule has 0 saturated carbocycles. The van der Waals surface area contributed by atoms with Crippen LogP contribution in [0.25, 0.3) is 0 Å². The van der Waals surface area contributed by atoms with Gasteiger partial charge in [-0.25, -0.2) is 0 Å². The molecule has 0 amide bonds. The second-order valence-corrected chi connectivity index (χ2v) is 6.89. The molecule has 1 heterocycles. The summed E-state index contributed by atoms with van der Waals surface area (Å²) in [5, 5.41) is 7.86. The lowest BCUT2D eigenvalue weighted by Gasteiger charge is -2.33. The molecule has 1 aromatic rings. The maximum atomic E-state index is 6.11. The largest absolute Gasteiger partial charge is 0.362 e. The third kappa shape index (κ3) is 5.41. The predicted molar refractivity (Wildman–Crippen MR) is 99.9 cm³/mol. The highest BCUT2D eigenvalue weighted by molar-refractivity contribution is 7.80. The summed E-state index contributed by atoms with van der Waals surface area (Å²) in [5.74, 6) is 0. The fourth-order valence-electron chi connectivity index (χ4n) is 2.82. The maximum Gasteiger partial charge on any atom is 0.170 e. The molecule has 2 rings (SSSR count). The number of anilines is 1. The number of hydrogen-bond acceptors (Lipinski definition) is 2. The number of likely N-dealkylation sites (tertiary alicyclic amines) is 1. The van der Waals surface area contributed by atoms with Crippen molar-refractivity contribution in [3.8, 4) is 0 Å². The molecule has 1 saturated heterocycles. The molecule has 5 heteroatoms. The summed E-state index contributed by atoms with van der Waals surface area (Å²) in [6.07, 6.45) is 5.16. The Morgan fingerprint density at radius 3 is 2.95 bits per heavy atom. The van der Waals surface area contributed by atoms with E-state index in [1.165, 1.54) is 25.8 Å². The van der Waals surface area contributed by atoms with E-state index in [1.54, 1.807) is 0 Å². The van der Waals surface area contributed by atoms with Crippen LogP contribution < -0.4 is 10.6 Å². The Kier molecular flexibility index (Phi) is 6.93. The quantitative estimate of drug-likeness (QED) is 0.621. The van der Waals surface area contributed by atoms with Crippen LogP contribution in [-0.2, 0) is 0 Å². The number of aryl methyl sites for hydroxylation is 1. The van der Waals surface area contributed by atoms with Gasteiger partial charge in [0.25, 0.3) is 0 Å². The van der Waals surface area contributed by atoms with E-state index in [2.05, 4.69) is 22.5 Å². The Bertz CT molecular complexity index is 507. The zero-order valence-electron chi connectivity index (χ0n) is 13.5. The van der Waals surface area contributed by atoms with Crippen LogP contribution in [0.1, 0.15) is 38.2 Å². The van der Waals surface area contributed by atoms with Gasteiger partial charge in [-0.1, -0.05) is 24.1 Å². The van der Waals surface area contributed by atoms with Gasteiger partial charge >= 0.3 is 0 Å². The van der Waals surface area contributed by atoms with Crippen molar-refractivity contribution in [2.24, 2.45) is 0 Å². The Hall–Kier alpha value is -0.840. The lowest BCUT2D eigenvalue weighted by Crippen LogP contribution is -2.39. The molecule has 0 aliphatic carbocycles. The molecule has 3 nitrogen and oxygen atoms in total. The summed E-state index contributed by atoms with van der Waals surface area (Å²) in [6, 6.07) is 6.61. The van der Waals surface area contributed by atoms with Crippen molar-refractivity contribution in [3.63, 3.8) is 0 Å². The molecule has 22 heavy (non-hydrogen) atoms. The summed E-state index contributed by atoms with van der Waals surface area (Å²) in [6.45, 7) is 7.61. The van der Waals surface area contributed by atoms with Gasteiger partial charge in [0.05, 0.1) is 0 Å². The minimum Gasteiger partial charge on any atom is -0.362 e. The number of benzene rings is 1. The summed E-state index contributed by atoms with van der Waals surface area (Å²) in [5.41, 5.74) is 2.00. The monoisotopic (exact) mass is 339 g/mol. The zero-order valence-corrected chi connectivity index (χ0v) is 15.1. The van der Waals surface area contributed by atoms with Crippen molar-refractivity contribution < 1.29 is 0 Å². The average molecular weight is 340 g/mol. The molecule has 1 atom stereocenters. The molecule has 1 aromatic carbocycles. The molecule has 0 radical (unpaired) electrons. The van der Waals surface area contributed by atoms with E-state index in [4.69, 9.17) is 23.8 Å². The zero-order chi connectivity index (χ0) is 15.9. The highest BCUT2D eigenvalue weighted by Crippen LogP contribution is 2.20. The van der Waals surface area contributed by atoms with Crippen molar-refractivity contribution in [1.29, 1.82) is 0 Å². The van der Waals surface area contributed by atoms with Crippen LogP contribution in [0.4, 0.5) is 5.69 Å². The molecular formula is C17H26ClN3S. The van der Waals surface area contributed by atoms with E-state index < -0.39 is 0 Å². The number of hydrogen-bond donors (Lipinski definition) is 2. The Balaban J connectivity index is 1.66. The van der Waals surface area contributed by atoms with Gasteiger partial charge in [0.1, 0.15) is 0 Å². The molecule has 0 bridgehead atoms. The van der Waals surface area contributed by atoms with Crippen LogP contribution in [-0.4, -0.2) is 35.7 Å². The lowest BCUT2D eigenvalue weighted by atomic mass is 10.0. The number of piperidine rings is 1. The smallest absolute Gasteiger partial charge is 0.170 e. The van der Waals surface area contributed by atoms with Crippen LogP contribution in [0, 0.1) is 6.92 Å². The minimum atomic E-state index is 0.659. The number of rotatable bonds is 5. The van der Waals surface area contributed by atoms with Gasteiger partial charge in [-0.15, -0.1) is 0 Å². The van der Waals surface area contributed by atoms with Gasteiger partial charge < -0.3 is 15.5 Å². The molecule has 0 aromatic heterocycles. The van der Waals surface area contributed by atoms with E-state index in [9.17, 15) is 0 Å². The van der Waals surface area contributed by atoms with Crippen LogP contribution >= 0.6 is 23.8 Å². The summed E-state index contributed by atoms with van der Waals surface area (Å²) < 4.78 is 0. The second-order valence-electron chi connectivity index (χ2n) is 6.08. The van der Waals surface area contributed by atoms with E-state index in [0.717, 1.165) is 41.8 Å². The third-order valence-electron chi connectivity index (χ3n) is 4.28. The van der Waals surface area contributed by atoms with E-state index in [1.807, 2.05) is 25.1 Å². The fraction of sp³-hybridized carbons (Fsp3) is 0.588. The Morgan fingerprint density at radius 1 is 1.41 bits per heavy atom. The van der Waals surface area contributed by atoms with Crippen LogP contribution in [0.2, 0.25) is 5.02 Å². The normalized spacial score (nSPS) is 19.0. The highest BCUT2D eigenvalue weighted by atomic mass is 35.5. The minimum absolute atomic E-state index is 0.659. The molecule has 0 spiro atoms. The lowest BCUT2D eigenvalue weighted by molar-refractivity contribution is 0.159. The van der Waals surface area contributed by atoms with Gasteiger partial charge in [-0.05, 0) is 69.6 Å². The van der Waals surface area contributed by atoms with Crippen molar-refractivity contribution in [3.05, 3.63) is 28.8 Å². The van der Waals surface area contributed by atoms with Crippen molar-refractivity contribution in [2.75, 3.05) is 25.0 Å². The predicted octanol–water partition coefficient (Wildman–Crippen LogP) is 4.20. The third-order valence-corrected chi connectivity index (χ3v) is 4.93. The molecule has 1 fully saturated rings. The SMILES string of the molecule is Cc1ccc(NC(=S)NCCCN2CCCC[C@@H]2C)cc1Cl. The van der Waals surface area contributed by atoms with E-state index in [0.29, 0.717) is 5.11 Å². The average Bonchev–Trinajstić information content (AvgIpc) is 2.49. The number of thiocarbonyl (C=S) groups is 1. The number of nitrogens with zero attached hydrogens (tertiary/aromatic N) is 1. The number of nitrogens with one attached hydrogen (secondary N) is 2. The highest BCUT2D eigenvalue weighted by Gasteiger charge is 2.16. The van der Waals surface area contributed by atoms with E-state index >= 15 is 0 Å². The molecule has 0 unspecified atom stereocenters. The summed E-state index contributed by atoms with van der Waals surface area (Å²) in [7, 11) is 0. The first-order valence-corrected chi connectivity index (χ1v) is 8.90. The second kappa shape index (κ2) is 8.70. The summed E-state index contributed by atoms with van der Waals surface area (Å²) in [4.78, 5) is 2.58. The molecule has 122 valence electrons. The van der Waals surface area contributed by atoms with Crippen molar-refractivity contribution >= 4 is 34.6 Å². The van der Waals surface area contributed by atoms with Crippen LogP contribution in [0.3, 0.4) is 0 Å². The van der Waals surface area contributed by atoms with Gasteiger partial charge in [-0.3, -0.25) is 0 Å². The molecule has 1 aliphatic heterocycles. The van der Waals surface area contributed by atoms with E-state index in [-0.39, 0.29) is 0 Å². The standard InChI is InChI=1S/C17H26ClN3S/c1-13-7-8-15(12-16(13)18)20-17(22)19-9-5-11-21-10-4-3-6-14(21)2/h7-8,12,14H,3-6,9-11H2,1-2H3,(H2,19,20,22)/t14-/m0/s1. The Labute approximate surface area is 144 Å². The fourth-order valence-corrected chi connectivity index (χ4v) is 3.22. The van der Waals surface area contributed by atoms with Crippen molar-refractivity contribution in [1.82, 2.24) is 10.2 Å². The van der Waals surface area contributed by atoms with Gasteiger partial charge in [0.15, 0.2) is 5.11 Å². The van der Waals surface area contributed by atoms with Crippen molar-refractivity contribution in [2.45, 2.75) is 45.6 Å². The number of halogens is 1. The van der Waals surface area contributed by atoms with Crippen LogP contribution in [0.5, 0.6) is 0 Å². The first-order chi connectivity index (χ1) is 10.6.